The minimum absolute atomic E-state index is 0.354. The molecule has 4 aromatic rings. The van der Waals surface area contributed by atoms with Gasteiger partial charge in [0, 0.05) is 22.9 Å². The number of nitrogen functional groups attached to an aromatic ring is 1. The first-order chi connectivity index (χ1) is 16.4. The van der Waals surface area contributed by atoms with Crippen molar-refractivity contribution >= 4 is 45.7 Å². The molecule has 9 heteroatoms. The Bertz CT molecular complexity index is 1290. The van der Waals surface area contributed by atoms with Crippen LogP contribution in [0.25, 0.3) is 22.0 Å². The van der Waals surface area contributed by atoms with Gasteiger partial charge in [-0.3, -0.25) is 5.10 Å². The molecule has 0 unspecified atom stereocenters. The zero-order valence-corrected chi connectivity index (χ0v) is 19.8. The summed E-state index contributed by atoms with van der Waals surface area (Å²) in [6, 6.07) is 18.0. The number of aromatic nitrogens is 2. The Morgan fingerprint density at radius 2 is 1.85 bits per heavy atom. The molecule has 176 valence electrons. The number of H-pyrrole nitrogens is 1. The second-order valence-electron chi connectivity index (χ2n) is 8.14. The SMILES string of the molecule is CN(C)CCCOc1ccc(-c2ccc(NC(=O)Nc3cccc(Cl)c3)cc2)c2c(N)n[nH]c12. The van der Waals surface area contributed by atoms with Crippen molar-refractivity contribution in [3.05, 3.63) is 65.7 Å². The number of anilines is 3. The summed E-state index contributed by atoms with van der Waals surface area (Å²) in [7, 11) is 4.07. The average molecular weight is 479 g/mol. The number of carbonyl (C=O) groups is 1. The summed E-state index contributed by atoms with van der Waals surface area (Å²) in [5.74, 6) is 1.13. The third-order valence-corrected chi connectivity index (χ3v) is 5.49. The fraction of sp³-hybridized carbons (Fsp3) is 0.200. The maximum Gasteiger partial charge on any atom is 0.323 e. The summed E-state index contributed by atoms with van der Waals surface area (Å²) in [6.07, 6.45) is 0.916. The number of aromatic amines is 1. The van der Waals surface area contributed by atoms with Crippen molar-refractivity contribution in [3.63, 3.8) is 0 Å². The van der Waals surface area contributed by atoms with Gasteiger partial charge in [-0.05, 0) is 74.1 Å². The number of benzene rings is 3. The number of urea groups is 1. The number of amides is 2. The van der Waals surface area contributed by atoms with Gasteiger partial charge in [0.2, 0.25) is 0 Å². The van der Waals surface area contributed by atoms with Crippen molar-refractivity contribution in [2.45, 2.75) is 6.42 Å². The van der Waals surface area contributed by atoms with E-state index in [1.807, 2.05) is 50.5 Å². The Kier molecular flexibility index (Phi) is 7.20. The van der Waals surface area contributed by atoms with Gasteiger partial charge in [-0.1, -0.05) is 29.8 Å². The predicted molar refractivity (Wildman–Crippen MR) is 139 cm³/mol. The first-order valence-electron chi connectivity index (χ1n) is 10.9. The van der Waals surface area contributed by atoms with E-state index in [9.17, 15) is 4.79 Å². The highest BCUT2D eigenvalue weighted by Crippen LogP contribution is 2.36. The van der Waals surface area contributed by atoms with Crippen LogP contribution in [-0.4, -0.2) is 48.4 Å². The highest BCUT2D eigenvalue weighted by atomic mass is 35.5. The number of nitrogens with zero attached hydrogens (tertiary/aromatic N) is 2. The minimum Gasteiger partial charge on any atom is -0.491 e. The number of ether oxygens (including phenoxy) is 1. The maximum absolute atomic E-state index is 12.3. The molecule has 1 aromatic heterocycles. The smallest absolute Gasteiger partial charge is 0.323 e. The molecule has 1 heterocycles. The summed E-state index contributed by atoms with van der Waals surface area (Å²) in [5.41, 5.74) is 10.1. The van der Waals surface area contributed by atoms with Gasteiger partial charge in [0.15, 0.2) is 5.82 Å². The third kappa shape index (κ3) is 5.59. The number of halogens is 1. The third-order valence-electron chi connectivity index (χ3n) is 5.25. The van der Waals surface area contributed by atoms with E-state index < -0.39 is 0 Å². The lowest BCUT2D eigenvalue weighted by atomic mass is 10.0. The molecule has 0 bridgehead atoms. The Hall–Kier alpha value is -3.75. The van der Waals surface area contributed by atoms with E-state index in [0.717, 1.165) is 40.7 Å². The Labute approximate surface area is 203 Å². The van der Waals surface area contributed by atoms with E-state index >= 15 is 0 Å². The van der Waals surface area contributed by atoms with Crippen LogP contribution >= 0.6 is 11.6 Å². The van der Waals surface area contributed by atoms with Crippen LogP contribution < -0.4 is 21.1 Å². The molecule has 5 N–H and O–H groups in total. The van der Waals surface area contributed by atoms with Crippen molar-refractivity contribution in [2.75, 3.05) is 43.6 Å². The van der Waals surface area contributed by atoms with Crippen molar-refractivity contribution < 1.29 is 9.53 Å². The molecule has 3 aromatic carbocycles. The quantitative estimate of drug-likeness (QED) is 0.252. The molecule has 0 radical (unpaired) electrons. The second-order valence-corrected chi connectivity index (χ2v) is 8.58. The topological polar surface area (TPSA) is 108 Å². The number of carbonyl (C=O) groups excluding carboxylic acids is 1. The van der Waals surface area contributed by atoms with E-state index in [2.05, 4.69) is 25.7 Å². The summed E-state index contributed by atoms with van der Waals surface area (Å²) in [4.78, 5) is 14.4. The van der Waals surface area contributed by atoms with E-state index in [1.54, 1.807) is 24.3 Å². The molecule has 0 saturated carbocycles. The van der Waals surface area contributed by atoms with Gasteiger partial charge in [0.1, 0.15) is 11.3 Å². The number of rotatable bonds is 8. The molecule has 0 aliphatic rings. The summed E-state index contributed by atoms with van der Waals surface area (Å²) in [6.45, 7) is 1.55. The molecule has 4 rings (SSSR count). The first-order valence-corrected chi connectivity index (χ1v) is 11.3. The predicted octanol–water partition coefficient (Wildman–Crippen LogP) is 5.44. The van der Waals surface area contributed by atoms with Crippen molar-refractivity contribution in [1.82, 2.24) is 15.1 Å². The number of nitrogens with two attached hydrogens (primary N) is 1. The molecule has 0 saturated heterocycles. The van der Waals surface area contributed by atoms with E-state index in [-0.39, 0.29) is 6.03 Å². The van der Waals surface area contributed by atoms with Crippen molar-refractivity contribution in [3.8, 4) is 16.9 Å². The zero-order chi connectivity index (χ0) is 24.1. The molecule has 0 atom stereocenters. The van der Waals surface area contributed by atoms with Gasteiger partial charge in [0.25, 0.3) is 0 Å². The molecular weight excluding hydrogens is 452 g/mol. The Morgan fingerprint density at radius 3 is 2.59 bits per heavy atom. The fourth-order valence-corrected chi connectivity index (χ4v) is 3.84. The summed E-state index contributed by atoms with van der Waals surface area (Å²) in [5, 5.41) is 14.1. The van der Waals surface area contributed by atoms with Crippen LogP contribution in [0.2, 0.25) is 5.02 Å². The summed E-state index contributed by atoms with van der Waals surface area (Å²) < 4.78 is 5.98. The van der Waals surface area contributed by atoms with Crippen LogP contribution in [0.1, 0.15) is 6.42 Å². The number of hydrogen-bond acceptors (Lipinski definition) is 5. The Morgan fingerprint density at radius 1 is 1.09 bits per heavy atom. The fourth-order valence-electron chi connectivity index (χ4n) is 3.65. The van der Waals surface area contributed by atoms with Gasteiger partial charge in [-0.2, -0.15) is 5.10 Å². The minimum atomic E-state index is -0.354. The van der Waals surface area contributed by atoms with Crippen LogP contribution in [0.4, 0.5) is 22.0 Å². The number of fused-ring (bicyclic) bond motifs is 1. The van der Waals surface area contributed by atoms with E-state index in [0.29, 0.717) is 28.8 Å². The average Bonchev–Trinajstić information content (AvgIpc) is 3.19. The number of nitrogens with one attached hydrogen (secondary N) is 3. The molecule has 34 heavy (non-hydrogen) atoms. The van der Waals surface area contributed by atoms with Gasteiger partial charge >= 0.3 is 6.03 Å². The molecule has 0 aliphatic heterocycles. The molecule has 0 fully saturated rings. The highest BCUT2D eigenvalue weighted by molar-refractivity contribution is 6.30. The van der Waals surface area contributed by atoms with Gasteiger partial charge in [-0.25, -0.2) is 4.79 Å². The zero-order valence-electron chi connectivity index (χ0n) is 19.1. The van der Waals surface area contributed by atoms with Crippen LogP contribution in [0.15, 0.2) is 60.7 Å². The van der Waals surface area contributed by atoms with Crippen LogP contribution in [0, 0.1) is 0 Å². The molecule has 0 spiro atoms. The molecule has 2 amide bonds. The highest BCUT2D eigenvalue weighted by Gasteiger charge is 2.15. The van der Waals surface area contributed by atoms with Gasteiger partial charge in [0.05, 0.1) is 12.0 Å². The lowest BCUT2D eigenvalue weighted by Crippen LogP contribution is -2.19. The van der Waals surface area contributed by atoms with Gasteiger partial charge < -0.3 is 26.0 Å². The Balaban J connectivity index is 1.48. The van der Waals surface area contributed by atoms with Crippen molar-refractivity contribution in [1.29, 1.82) is 0 Å². The summed E-state index contributed by atoms with van der Waals surface area (Å²) >= 11 is 5.96. The van der Waals surface area contributed by atoms with E-state index in [1.165, 1.54) is 0 Å². The van der Waals surface area contributed by atoms with Crippen molar-refractivity contribution in [2.24, 2.45) is 0 Å². The maximum atomic E-state index is 12.3. The second kappa shape index (κ2) is 10.5. The lowest BCUT2D eigenvalue weighted by molar-refractivity contribution is 0.262. The number of hydrogen-bond donors (Lipinski definition) is 4. The van der Waals surface area contributed by atoms with E-state index in [4.69, 9.17) is 22.1 Å². The molecule has 0 aliphatic carbocycles. The van der Waals surface area contributed by atoms with Crippen LogP contribution in [0.3, 0.4) is 0 Å². The lowest BCUT2D eigenvalue weighted by Gasteiger charge is -2.12. The molecule has 8 nitrogen and oxygen atoms in total. The molecular formula is C25H27ClN6O2. The normalized spacial score (nSPS) is 11.1. The first kappa shape index (κ1) is 23.4. The van der Waals surface area contributed by atoms with Gasteiger partial charge in [-0.15, -0.1) is 0 Å². The van der Waals surface area contributed by atoms with Crippen LogP contribution in [-0.2, 0) is 0 Å². The largest absolute Gasteiger partial charge is 0.491 e. The monoisotopic (exact) mass is 478 g/mol. The standard InChI is InChI=1S/C25H27ClN6O2/c1-32(2)13-4-14-34-21-12-11-20(22-23(21)30-31-24(22)27)16-7-9-18(10-8-16)28-25(33)29-19-6-3-5-17(26)15-19/h3,5-12,15H,4,13-14H2,1-2H3,(H3,27,30,31)(H2,28,29,33). The van der Waals surface area contributed by atoms with Crippen LogP contribution in [0.5, 0.6) is 5.75 Å².